The maximum Gasteiger partial charge on any atom is 0.108 e. The first-order chi connectivity index (χ1) is 8.11. The van der Waals surface area contributed by atoms with Crippen LogP contribution in [0.15, 0.2) is 6.20 Å². The molecular formula is C13H23N3O. The van der Waals surface area contributed by atoms with Crippen LogP contribution in [0.3, 0.4) is 0 Å². The van der Waals surface area contributed by atoms with Crippen molar-refractivity contribution < 1.29 is 5.11 Å². The third-order valence-electron chi connectivity index (χ3n) is 4.05. The first kappa shape index (κ1) is 12.6. The summed E-state index contributed by atoms with van der Waals surface area (Å²) in [5.41, 5.74) is 0.672. The molecule has 0 amide bonds. The fourth-order valence-electron chi connectivity index (χ4n) is 3.00. The summed E-state index contributed by atoms with van der Waals surface area (Å²) in [4.78, 5) is 0. The Bertz CT molecular complexity index is 361. The van der Waals surface area contributed by atoms with Gasteiger partial charge in [-0.2, -0.15) is 0 Å². The Hall–Kier alpha value is -0.900. The van der Waals surface area contributed by atoms with Gasteiger partial charge in [0.15, 0.2) is 0 Å². The van der Waals surface area contributed by atoms with Gasteiger partial charge in [-0.15, -0.1) is 5.10 Å². The van der Waals surface area contributed by atoms with Crippen LogP contribution in [0.25, 0.3) is 0 Å². The Morgan fingerprint density at radius 2 is 2.24 bits per heavy atom. The van der Waals surface area contributed by atoms with Crippen LogP contribution in [0.5, 0.6) is 0 Å². The van der Waals surface area contributed by atoms with Crippen molar-refractivity contribution >= 4 is 0 Å². The first-order valence-electron chi connectivity index (χ1n) is 6.63. The van der Waals surface area contributed by atoms with Crippen molar-refractivity contribution in [3.63, 3.8) is 0 Å². The molecule has 4 nitrogen and oxygen atoms in total. The average molecular weight is 237 g/mol. The van der Waals surface area contributed by atoms with Crippen LogP contribution in [0.4, 0.5) is 0 Å². The van der Waals surface area contributed by atoms with E-state index in [1.807, 2.05) is 10.9 Å². The van der Waals surface area contributed by atoms with E-state index < -0.39 is 0 Å². The van der Waals surface area contributed by atoms with E-state index in [2.05, 4.69) is 31.1 Å². The minimum atomic E-state index is -0.0192. The van der Waals surface area contributed by atoms with Gasteiger partial charge in [0, 0.05) is 0 Å². The fourth-order valence-corrected chi connectivity index (χ4v) is 3.00. The summed E-state index contributed by atoms with van der Waals surface area (Å²) in [7, 11) is 0. The van der Waals surface area contributed by atoms with Gasteiger partial charge in [0.05, 0.1) is 18.8 Å². The molecule has 1 fully saturated rings. The summed E-state index contributed by atoms with van der Waals surface area (Å²) in [6.45, 7) is 6.87. The van der Waals surface area contributed by atoms with Crippen LogP contribution >= 0.6 is 0 Å². The highest BCUT2D eigenvalue weighted by Gasteiger charge is 2.32. The van der Waals surface area contributed by atoms with E-state index in [1.54, 1.807) is 0 Å². The van der Waals surface area contributed by atoms with Gasteiger partial charge >= 0.3 is 0 Å². The van der Waals surface area contributed by atoms with E-state index in [1.165, 1.54) is 19.3 Å². The molecule has 1 saturated carbocycles. The van der Waals surface area contributed by atoms with Gasteiger partial charge in [-0.1, -0.05) is 32.4 Å². The van der Waals surface area contributed by atoms with E-state index in [-0.39, 0.29) is 6.61 Å². The second-order valence-corrected chi connectivity index (χ2v) is 5.74. The maximum atomic E-state index is 9.06. The molecule has 0 spiro atoms. The summed E-state index contributed by atoms with van der Waals surface area (Å²) in [5.74, 6) is 2.12. The van der Waals surface area contributed by atoms with E-state index in [0.717, 1.165) is 5.92 Å². The van der Waals surface area contributed by atoms with Crippen molar-refractivity contribution in [3.8, 4) is 0 Å². The SMILES string of the molecule is CC(C)[C@@H]1CC[C@@H](C)C[C@H]1n1cc(CO)nn1. The molecule has 0 saturated heterocycles. The monoisotopic (exact) mass is 237 g/mol. The van der Waals surface area contributed by atoms with E-state index in [4.69, 9.17) is 5.11 Å². The van der Waals surface area contributed by atoms with E-state index in [9.17, 15) is 0 Å². The lowest BCUT2D eigenvalue weighted by Gasteiger charge is -2.37. The van der Waals surface area contributed by atoms with Crippen LogP contribution in [0.2, 0.25) is 0 Å². The molecule has 0 aliphatic heterocycles. The molecule has 2 rings (SSSR count). The molecule has 3 atom stereocenters. The number of rotatable bonds is 3. The normalized spacial score (nSPS) is 29.8. The lowest BCUT2D eigenvalue weighted by molar-refractivity contribution is 0.137. The zero-order valence-electron chi connectivity index (χ0n) is 11.0. The lowest BCUT2D eigenvalue weighted by Crippen LogP contribution is -2.30. The zero-order valence-corrected chi connectivity index (χ0v) is 11.0. The van der Waals surface area contributed by atoms with Crippen molar-refractivity contribution in [1.82, 2.24) is 15.0 Å². The van der Waals surface area contributed by atoms with Crippen molar-refractivity contribution in [2.75, 3.05) is 0 Å². The summed E-state index contributed by atoms with van der Waals surface area (Å²) in [5, 5.41) is 17.2. The molecule has 1 aliphatic carbocycles. The topological polar surface area (TPSA) is 50.9 Å². The Kier molecular flexibility index (Phi) is 3.82. The van der Waals surface area contributed by atoms with Crippen LogP contribution in [0, 0.1) is 17.8 Å². The van der Waals surface area contributed by atoms with Crippen LogP contribution < -0.4 is 0 Å². The predicted octanol–water partition coefficient (Wildman–Crippen LogP) is 2.40. The molecule has 4 heteroatoms. The highest BCUT2D eigenvalue weighted by molar-refractivity contribution is 4.93. The molecule has 1 N–H and O–H groups in total. The number of aliphatic hydroxyl groups excluding tert-OH is 1. The Balaban J connectivity index is 2.19. The van der Waals surface area contributed by atoms with Gasteiger partial charge in [0.2, 0.25) is 0 Å². The number of hydrogen-bond acceptors (Lipinski definition) is 3. The molecule has 1 heterocycles. The van der Waals surface area contributed by atoms with Gasteiger partial charge in [0.1, 0.15) is 5.69 Å². The number of hydrogen-bond donors (Lipinski definition) is 1. The summed E-state index contributed by atoms with van der Waals surface area (Å²) >= 11 is 0. The molecular weight excluding hydrogens is 214 g/mol. The summed E-state index contributed by atoms with van der Waals surface area (Å²) < 4.78 is 1.98. The third-order valence-corrected chi connectivity index (χ3v) is 4.05. The Morgan fingerprint density at radius 3 is 2.82 bits per heavy atom. The molecule has 0 unspecified atom stereocenters. The fraction of sp³-hybridized carbons (Fsp3) is 0.846. The van der Waals surface area contributed by atoms with Crippen LogP contribution in [-0.4, -0.2) is 20.1 Å². The zero-order chi connectivity index (χ0) is 12.4. The molecule has 96 valence electrons. The number of aromatic nitrogens is 3. The van der Waals surface area contributed by atoms with Gasteiger partial charge in [-0.25, -0.2) is 4.68 Å². The molecule has 1 aromatic heterocycles. The minimum Gasteiger partial charge on any atom is -0.390 e. The average Bonchev–Trinajstić information content (AvgIpc) is 2.76. The van der Waals surface area contributed by atoms with Gasteiger partial charge in [-0.05, 0) is 30.6 Å². The van der Waals surface area contributed by atoms with E-state index >= 15 is 0 Å². The second kappa shape index (κ2) is 5.17. The predicted molar refractivity (Wildman–Crippen MR) is 66.3 cm³/mol. The molecule has 1 aliphatic rings. The standard InChI is InChI=1S/C13H23N3O/c1-9(2)12-5-4-10(3)6-13(12)16-7-11(8-17)14-15-16/h7,9-10,12-13,17H,4-6,8H2,1-3H3/t10-,12+,13-/m1/s1. The third kappa shape index (κ3) is 2.68. The minimum absolute atomic E-state index is 0.0192. The van der Waals surface area contributed by atoms with Crippen molar-refractivity contribution in [1.29, 1.82) is 0 Å². The van der Waals surface area contributed by atoms with Crippen LogP contribution in [0.1, 0.15) is 51.8 Å². The van der Waals surface area contributed by atoms with E-state index in [0.29, 0.717) is 23.6 Å². The largest absolute Gasteiger partial charge is 0.390 e. The number of nitrogens with zero attached hydrogens (tertiary/aromatic N) is 3. The molecule has 0 bridgehead atoms. The Morgan fingerprint density at radius 1 is 1.47 bits per heavy atom. The van der Waals surface area contributed by atoms with Crippen LogP contribution in [-0.2, 0) is 6.61 Å². The van der Waals surface area contributed by atoms with Gasteiger partial charge < -0.3 is 5.11 Å². The summed E-state index contributed by atoms with van der Waals surface area (Å²) in [6.07, 6.45) is 5.67. The van der Waals surface area contributed by atoms with Crippen molar-refractivity contribution in [2.45, 2.75) is 52.7 Å². The second-order valence-electron chi connectivity index (χ2n) is 5.74. The highest BCUT2D eigenvalue weighted by Crippen LogP contribution is 2.40. The maximum absolute atomic E-state index is 9.06. The smallest absolute Gasteiger partial charge is 0.108 e. The first-order valence-corrected chi connectivity index (χ1v) is 6.63. The molecule has 0 radical (unpaired) electrons. The lowest BCUT2D eigenvalue weighted by atomic mass is 9.74. The quantitative estimate of drug-likeness (QED) is 0.878. The van der Waals surface area contributed by atoms with Gasteiger partial charge in [0.25, 0.3) is 0 Å². The van der Waals surface area contributed by atoms with Crippen molar-refractivity contribution in [2.24, 2.45) is 17.8 Å². The molecule has 17 heavy (non-hydrogen) atoms. The van der Waals surface area contributed by atoms with Crippen molar-refractivity contribution in [3.05, 3.63) is 11.9 Å². The van der Waals surface area contributed by atoms with Gasteiger partial charge in [-0.3, -0.25) is 0 Å². The highest BCUT2D eigenvalue weighted by atomic mass is 16.3. The Labute approximate surface area is 103 Å². The molecule has 1 aromatic rings. The summed E-state index contributed by atoms with van der Waals surface area (Å²) in [6, 6.07) is 0.451. The molecule has 0 aromatic carbocycles. The number of aliphatic hydroxyl groups is 1.